The summed E-state index contributed by atoms with van der Waals surface area (Å²) in [6, 6.07) is 5.28. The van der Waals surface area contributed by atoms with Crippen LogP contribution < -0.4 is 15.7 Å². The Labute approximate surface area is 179 Å². The van der Waals surface area contributed by atoms with Crippen LogP contribution in [0.2, 0.25) is 0 Å². The van der Waals surface area contributed by atoms with Crippen LogP contribution in [0.4, 0.5) is 0 Å². The van der Waals surface area contributed by atoms with Crippen LogP contribution in [0.25, 0.3) is 11.0 Å². The van der Waals surface area contributed by atoms with E-state index in [1.54, 1.807) is 18.2 Å². The highest BCUT2D eigenvalue weighted by molar-refractivity contribution is 5.89. The van der Waals surface area contributed by atoms with Crippen molar-refractivity contribution in [2.24, 2.45) is 23.2 Å². The van der Waals surface area contributed by atoms with Gasteiger partial charge in [0, 0.05) is 29.4 Å². The molecule has 4 aliphatic carbocycles. The Balaban J connectivity index is 1.40. The summed E-state index contributed by atoms with van der Waals surface area (Å²) in [5, 5.41) is 13.3. The second-order valence-corrected chi connectivity index (χ2v) is 9.72. The molecular weight excluding hydrogens is 398 g/mol. The molecule has 7 heteroatoms. The first kappa shape index (κ1) is 20.1. The van der Waals surface area contributed by atoms with E-state index in [0.29, 0.717) is 40.0 Å². The Morgan fingerprint density at radius 3 is 2.39 bits per heavy atom. The Morgan fingerprint density at radius 1 is 1.16 bits per heavy atom. The zero-order valence-electron chi connectivity index (χ0n) is 17.6. The van der Waals surface area contributed by atoms with Crippen molar-refractivity contribution in [1.82, 2.24) is 5.32 Å². The summed E-state index contributed by atoms with van der Waals surface area (Å²) >= 11 is 0. The quantitative estimate of drug-likeness (QED) is 0.689. The molecule has 0 saturated heterocycles. The minimum atomic E-state index is -1.10. The number of carboxylic acids is 1. The van der Waals surface area contributed by atoms with E-state index in [9.17, 15) is 19.5 Å². The van der Waals surface area contributed by atoms with E-state index < -0.39 is 23.1 Å². The van der Waals surface area contributed by atoms with Crippen LogP contribution in [0.15, 0.2) is 33.5 Å². The molecule has 0 spiro atoms. The fourth-order valence-corrected chi connectivity index (χ4v) is 6.63. The highest BCUT2D eigenvalue weighted by Gasteiger charge is 2.55. The topological polar surface area (TPSA) is 106 Å². The van der Waals surface area contributed by atoms with E-state index in [0.717, 1.165) is 19.3 Å². The molecule has 1 aromatic heterocycles. The molecule has 164 valence electrons. The lowest BCUT2D eigenvalue weighted by atomic mass is 9.49. The lowest BCUT2D eigenvalue weighted by Gasteiger charge is -2.55. The number of fused-ring (bicyclic) bond motifs is 1. The number of hydrogen-bond donors (Lipinski definition) is 2. The van der Waals surface area contributed by atoms with Gasteiger partial charge in [0.1, 0.15) is 17.4 Å². The van der Waals surface area contributed by atoms with Gasteiger partial charge in [-0.25, -0.2) is 9.59 Å². The largest absolute Gasteiger partial charge is 0.497 e. The van der Waals surface area contributed by atoms with Crippen molar-refractivity contribution in [3.63, 3.8) is 0 Å². The Morgan fingerprint density at radius 2 is 1.81 bits per heavy atom. The van der Waals surface area contributed by atoms with Crippen LogP contribution in [-0.4, -0.2) is 30.1 Å². The summed E-state index contributed by atoms with van der Waals surface area (Å²) in [5.41, 5.74) is -0.119. The molecule has 0 unspecified atom stereocenters. The van der Waals surface area contributed by atoms with E-state index in [1.165, 1.54) is 32.4 Å². The zero-order chi connectivity index (χ0) is 21.8. The lowest BCUT2D eigenvalue weighted by Crippen LogP contribution is -2.56. The van der Waals surface area contributed by atoms with Crippen LogP contribution in [0, 0.1) is 23.2 Å². The third kappa shape index (κ3) is 3.60. The Kier molecular flexibility index (Phi) is 4.79. The highest BCUT2D eigenvalue weighted by atomic mass is 16.5. The maximum Gasteiger partial charge on any atom is 0.336 e. The third-order valence-corrected chi connectivity index (χ3v) is 7.58. The van der Waals surface area contributed by atoms with Gasteiger partial charge in [0.25, 0.3) is 0 Å². The number of carboxylic acid groups (broad SMARTS) is 1. The number of rotatable bonds is 6. The maximum atomic E-state index is 13.3. The second kappa shape index (κ2) is 7.39. The minimum Gasteiger partial charge on any atom is -0.497 e. The van der Waals surface area contributed by atoms with Gasteiger partial charge in [0.2, 0.25) is 5.91 Å². The van der Waals surface area contributed by atoms with Gasteiger partial charge >= 0.3 is 11.6 Å². The summed E-state index contributed by atoms with van der Waals surface area (Å²) in [6.07, 6.45) is 6.26. The summed E-state index contributed by atoms with van der Waals surface area (Å²) in [5.74, 6) is 1.09. The summed E-state index contributed by atoms with van der Waals surface area (Å²) in [4.78, 5) is 37.5. The monoisotopic (exact) mass is 425 g/mol. The summed E-state index contributed by atoms with van der Waals surface area (Å²) < 4.78 is 10.4. The van der Waals surface area contributed by atoms with Gasteiger partial charge < -0.3 is 19.6 Å². The van der Waals surface area contributed by atoms with Crippen LogP contribution in [0.5, 0.6) is 5.75 Å². The number of aliphatic carboxylic acids is 1. The molecule has 4 saturated carbocycles. The van der Waals surface area contributed by atoms with E-state index in [4.69, 9.17) is 9.15 Å². The SMILES string of the molecule is COc1ccc2c(C[C@H](NC(=O)C34CC5CC(CC(C5)C3)C4)C(=O)O)cc(=O)oc2c1. The van der Waals surface area contributed by atoms with E-state index >= 15 is 0 Å². The average molecular weight is 425 g/mol. The average Bonchev–Trinajstić information content (AvgIpc) is 2.71. The van der Waals surface area contributed by atoms with Crippen molar-refractivity contribution in [3.8, 4) is 5.75 Å². The van der Waals surface area contributed by atoms with Gasteiger partial charge in [-0.05, 0) is 74.0 Å². The second-order valence-electron chi connectivity index (χ2n) is 9.72. The highest BCUT2D eigenvalue weighted by Crippen LogP contribution is 2.60. The fourth-order valence-electron chi connectivity index (χ4n) is 6.63. The predicted octanol–water partition coefficient (Wildman–Crippen LogP) is 3.13. The molecule has 1 heterocycles. The van der Waals surface area contributed by atoms with Gasteiger partial charge in [-0.3, -0.25) is 4.79 Å². The van der Waals surface area contributed by atoms with Gasteiger partial charge in [-0.2, -0.15) is 0 Å². The van der Waals surface area contributed by atoms with Crippen molar-refractivity contribution in [2.75, 3.05) is 7.11 Å². The molecule has 4 fully saturated rings. The number of carbonyl (C=O) groups excluding carboxylic acids is 1. The summed E-state index contributed by atoms with van der Waals surface area (Å²) in [7, 11) is 1.52. The molecule has 4 aliphatic rings. The van der Waals surface area contributed by atoms with Crippen molar-refractivity contribution in [2.45, 2.75) is 51.0 Å². The molecule has 0 radical (unpaired) electrons. The van der Waals surface area contributed by atoms with Gasteiger partial charge in [-0.15, -0.1) is 0 Å². The number of benzene rings is 1. The van der Waals surface area contributed by atoms with Crippen molar-refractivity contribution >= 4 is 22.8 Å². The molecule has 7 nitrogen and oxygen atoms in total. The maximum absolute atomic E-state index is 13.3. The van der Waals surface area contributed by atoms with E-state index in [2.05, 4.69) is 5.32 Å². The fraction of sp³-hybridized carbons (Fsp3) is 0.542. The van der Waals surface area contributed by atoms with Crippen LogP contribution in [0.1, 0.15) is 44.1 Å². The van der Waals surface area contributed by atoms with Gasteiger partial charge in [0.05, 0.1) is 7.11 Å². The third-order valence-electron chi connectivity index (χ3n) is 7.58. The first-order valence-corrected chi connectivity index (χ1v) is 11.0. The molecule has 0 aliphatic heterocycles. The van der Waals surface area contributed by atoms with Gasteiger partial charge in [-0.1, -0.05) is 0 Å². The number of nitrogens with one attached hydrogen (secondary N) is 1. The van der Waals surface area contributed by atoms with Crippen molar-refractivity contribution < 1.29 is 23.8 Å². The molecule has 4 bridgehead atoms. The van der Waals surface area contributed by atoms with Crippen LogP contribution in [-0.2, 0) is 16.0 Å². The molecule has 2 N–H and O–H groups in total. The molecular formula is C24H27NO6. The normalized spacial score (nSPS) is 29.6. The molecule has 1 aromatic carbocycles. The number of ether oxygens (including phenoxy) is 1. The first-order valence-electron chi connectivity index (χ1n) is 11.0. The Bertz CT molecular complexity index is 1070. The number of amides is 1. The van der Waals surface area contributed by atoms with Crippen LogP contribution in [0.3, 0.4) is 0 Å². The summed E-state index contributed by atoms with van der Waals surface area (Å²) in [6.45, 7) is 0. The molecule has 2 aromatic rings. The number of methoxy groups -OCH3 is 1. The molecule has 6 rings (SSSR count). The first-order chi connectivity index (χ1) is 14.8. The molecule has 1 amide bonds. The van der Waals surface area contributed by atoms with E-state index in [-0.39, 0.29) is 12.3 Å². The lowest BCUT2D eigenvalue weighted by molar-refractivity contribution is -0.151. The zero-order valence-corrected chi connectivity index (χ0v) is 17.6. The Hall–Kier alpha value is -2.83. The number of carbonyl (C=O) groups is 2. The standard InChI is InChI=1S/C24H27NO6/c1-30-17-2-3-18-16(8-21(26)31-20(18)9-17)7-19(22(27)28)25-23(29)24-10-13-4-14(11-24)6-15(5-13)12-24/h2-3,8-9,13-15,19H,4-7,10-12H2,1H3,(H,25,29)(H,27,28)/t13?,14?,15?,19-,24?/m0/s1. The van der Waals surface area contributed by atoms with E-state index in [1.807, 2.05) is 0 Å². The van der Waals surface area contributed by atoms with Crippen molar-refractivity contribution in [3.05, 3.63) is 40.2 Å². The minimum absolute atomic E-state index is 0.0157. The molecule has 31 heavy (non-hydrogen) atoms. The van der Waals surface area contributed by atoms with Crippen LogP contribution >= 0.6 is 0 Å². The van der Waals surface area contributed by atoms with Gasteiger partial charge in [0.15, 0.2) is 0 Å². The van der Waals surface area contributed by atoms with Crippen molar-refractivity contribution in [1.29, 1.82) is 0 Å². The molecule has 1 atom stereocenters. The predicted molar refractivity (Wildman–Crippen MR) is 113 cm³/mol. The smallest absolute Gasteiger partial charge is 0.336 e. The number of hydrogen-bond acceptors (Lipinski definition) is 5.